The second-order valence-corrected chi connectivity index (χ2v) is 8.12. The van der Waals surface area contributed by atoms with E-state index in [0.717, 1.165) is 29.3 Å². The summed E-state index contributed by atoms with van der Waals surface area (Å²) in [6, 6.07) is 20.7. The first-order valence-corrected chi connectivity index (χ1v) is 10.8. The van der Waals surface area contributed by atoms with Gasteiger partial charge in [0.2, 0.25) is 0 Å². The number of Topliss-reactive ketones (excluding diaryl/α,β-unsaturated/α-hetero) is 1. The molecule has 1 nitrogen and oxygen atoms in total. The summed E-state index contributed by atoms with van der Waals surface area (Å²) in [5.41, 5.74) is 2.11. The van der Waals surface area contributed by atoms with Crippen molar-refractivity contribution in [3.8, 4) is 0 Å². The van der Waals surface area contributed by atoms with Crippen molar-refractivity contribution in [3.05, 3.63) is 71.8 Å². The summed E-state index contributed by atoms with van der Waals surface area (Å²) in [6.07, 6.45) is 7.37. The van der Waals surface area contributed by atoms with Gasteiger partial charge >= 0.3 is 152 Å². The molecule has 0 fully saturated rings. The summed E-state index contributed by atoms with van der Waals surface area (Å²) in [7, 11) is 0. The zero-order chi connectivity index (χ0) is 17.0. The van der Waals surface area contributed by atoms with Crippen molar-refractivity contribution in [2.75, 3.05) is 0 Å². The Hall–Kier alpha value is -1.63. The van der Waals surface area contributed by atoms with E-state index in [1.807, 2.05) is 24.3 Å². The van der Waals surface area contributed by atoms with E-state index in [1.165, 1.54) is 17.3 Å². The van der Waals surface area contributed by atoms with E-state index < -0.39 is 0 Å². The van der Waals surface area contributed by atoms with Crippen LogP contribution in [-0.2, 0) is 4.79 Å². The summed E-state index contributed by atoms with van der Waals surface area (Å²) in [4.78, 5) is 12.7. The molecular formula is C22H26OSe. The SMILES string of the molecule is CCCCCCC(=O)/C(=C/c1ccccc1)C[Se]c1ccccc1. The Morgan fingerprint density at radius 1 is 0.917 bits per heavy atom. The average molecular weight is 385 g/mol. The second-order valence-electron chi connectivity index (χ2n) is 5.92. The molecule has 126 valence electrons. The van der Waals surface area contributed by atoms with E-state index in [1.54, 1.807) is 0 Å². The number of unbranched alkanes of at least 4 members (excludes halogenated alkanes) is 3. The first kappa shape index (κ1) is 18.7. The van der Waals surface area contributed by atoms with E-state index in [2.05, 4.69) is 49.4 Å². The normalized spacial score (nSPS) is 11.5. The average Bonchev–Trinajstić information content (AvgIpc) is 2.64. The molecule has 24 heavy (non-hydrogen) atoms. The first-order chi connectivity index (χ1) is 11.8. The molecule has 0 aliphatic rings. The Kier molecular flexibility index (Phi) is 8.59. The van der Waals surface area contributed by atoms with Gasteiger partial charge in [0, 0.05) is 0 Å². The Morgan fingerprint density at radius 3 is 2.25 bits per heavy atom. The van der Waals surface area contributed by atoms with E-state index in [4.69, 9.17) is 0 Å². The van der Waals surface area contributed by atoms with E-state index >= 15 is 0 Å². The fraction of sp³-hybridized carbons (Fsp3) is 0.318. The predicted molar refractivity (Wildman–Crippen MR) is 105 cm³/mol. The van der Waals surface area contributed by atoms with Gasteiger partial charge in [0.25, 0.3) is 0 Å². The quantitative estimate of drug-likeness (QED) is 0.318. The molecule has 0 N–H and O–H groups in total. The van der Waals surface area contributed by atoms with Gasteiger partial charge in [-0.15, -0.1) is 0 Å². The second kappa shape index (κ2) is 11.0. The summed E-state index contributed by atoms with van der Waals surface area (Å²) >= 11 is 0.307. The maximum atomic E-state index is 12.7. The number of ketones is 1. The van der Waals surface area contributed by atoms with E-state index in [9.17, 15) is 4.79 Å². The van der Waals surface area contributed by atoms with Gasteiger partial charge in [0.15, 0.2) is 0 Å². The molecule has 2 aromatic carbocycles. The molecule has 0 spiro atoms. The molecule has 2 heteroatoms. The Balaban J connectivity index is 2.03. The molecule has 0 aliphatic heterocycles. The first-order valence-electron chi connectivity index (χ1n) is 8.76. The Labute approximate surface area is 152 Å². The van der Waals surface area contributed by atoms with Gasteiger partial charge in [-0.05, 0) is 0 Å². The van der Waals surface area contributed by atoms with Gasteiger partial charge in [0.1, 0.15) is 0 Å². The number of hydrogen-bond acceptors (Lipinski definition) is 1. The van der Waals surface area contributed by atoms with Crippen LogP contribution in [0.2, 0.25) is 5.32 Å². The molecule has 2 aromatic rings. The van der Waals surface area contributed by atoms with Crippen molar-refractivity contribution in [1.82, 2.24) is 0 Å². The topological polar surface area (TPSA) is 17.1 Å². The van der Waals surface area contributed by atoms with Crippen LogP contribution in [0.15, 0.2) is 66.2 Å². The van der Waals surface area contributed by atoms with Crippen molar-refractivity contribution >= 4 is 31.3 Å². The Morgan fingerprint density at radius 2 is 1.58 bits per heavy atom. The molecule has 0 amide bonds. The summed E-state index contributed by atoms with van der Waals surface area (Å²) in [5, 5.41) is 0.874. The van der Waals surface area contributed by atoms with Crippen LogP contribution in [0.5, 0.6) is 0 Å². The van der Waals surface area contributed by atoms with Gasteiger partial charge in [-0.2, -0.15) is 0 Å². The van der Waals surface area contributed by atoms with Crippen LogP contribution in [-0.4, -0.2) is 20.7 Å². The minimum absolute atomic E-state index is 0.307. The fourth-order valence-corrected chi connectivity index (χ4v) is 4.43. The van der Waals surface area contributed by atoms with Crippen molar-refractivity contribution < 1.29 is 4.79 Å². The van der Waals surface area contributed by atoms with Gasteiger partial charge in [-0.3, -0.25) is 0 Å². The number of carbonyl (C=O) groups excluding carboxylic acids is 1. The molecule has 0 aromatic heterocycles. The predicted octanol–water partition coefficient (Wildman–Crippen LogP) is 5.06. The molecular weight excluding hydrogens is 359 g/mol. The third kappa shape index (κ3) is 6.86. The van der Waals surface area contributed by atoms with Crippen LogP contribution in [0.3, 0.4) is 0 Å². The van der Waals surface area contributed by atoms with Crippen LogP contribution in [0, 0.1) is 0 Å². The molecule has 0 bridgehead atoms. The molecule has 0 aliphatic carbocycles. The molecule has 0 saturated heterocycles. The molecule has 0 radical (unpaired) electrons. The van der Waals surface area contributed by atoms with Crippen LogP contribution in [0.25, 0.3) is 6.08 Å². The van der Waals surface area contributed by atoms with Crippen molar-refractivity contribution in [1.29, 1.82) is 0 Å². The Bertz CT molecular complexity index is 632. The van der Waals surface area contributed by atoms with E-state index in [0.29, 0.717) is 27.2 Å². The van der Waals surface area contributed by atoms with Crippen LogP contribution < -0.4 is 4.46 Å². The standard InChI is InChI=1S/C22H26OSe/c1-2-3-4-11-16-22(23)20(17-19-12-7-5-8-13-19)18-24-21-14-9-6-10-15-21/h5-10,12-15,17H,2-4,11,16,18H2,1H3/b20-17+. The van der Waals surface area contributed by atoms with E-state index in [-0.39, 0.29) is 0 Å². The summed E-state index contributed by atoms with van der Waals surface area (Å²) < 4.78 is 1.35. The molecule has 0 unspecified atom stereocenters. The van der Waals surface area contributed by atoms with Gasteiger partial charge in [0.05, 0.1) is 0 Å². The van der Waals surface area contributed by atoms with Crippen LogP contribution in [0.4, 0.5) is 0 Å². The van der Waals surface area contributed by atoms with Crippen LogP contribution >= 0.6 is 0 Å². The summed E-state index contributed by atoms with van der Waals surface area (Å²) in [6.45, 7) is 2.20. The minimum atomic E-state index is 0.307. The van der Waals surface area contributed by atoms with Crippen molar-refractivity contribution in [3.63, 3.8) is 0 Å². The van der Waals surface area contributed by atoms with Crippen LogP contribution in [0.1, 0.15) is 44.6 Å². The van der Waals surface area contributed by atoms with Gasteiger partial charge in [-0.1, -0.05) is 0 Å². The molecule has 0 saturated carbocycles. The van der Waals surface area contributed by atoms with Gasteiger partial charge < -0.3 is 0 Å². The number of benzene rings is 2. The molecule has 0 heterocycles. The third-order valence-corrected chi connectivity index (χ3v) is 6.12. The maximum absolute atomic E-state index is 12.7. The molecule has 2 rings (SSSR count). The molecule has 0 atom stereocenters. The zero-order valence-corrected chi connectivity index (χ0v) is 16.1. The number of hydrogen-bond donors (Lipinski definition) is 0. The number of rotatable bonds is 10. The number of allylic oxidation sites excluding steroid dienone is 1. The third-order valence-electron chi connectivity index (χ3n) is 3.89. The van der Waals surface area contributed by atoms with Crippen molar-refractivity contribution in [2.24, 2.45) is 0 Å². The van der Waals surface area contributed by atoms with Crippen molar-refractivity contribution in [2.45, 2.75) is 44.3 Å². The zero-order valence-electron chi connectivity index (χ0n) is 14.4. The number of carbonyl (C=O) groups is 1. The van der Waals surface area contributed by atoms with Gasteiger partial charge in [-0.25, -0.2) is 0 Å². The monoisotopic (exact) mass is 386 g/mol. The fourth-order valence-electron chi connectivity index (χ4n) is 2.50. The summed E-state index contributed by atoms with van der Waals surface area (Å²) in [5.74, 6) is 0.327.